The second-order valence-electron chi connectivity index (χ2n) is 7.84. The summed E-state index contributed by atoms with van der Waals surface area (Å²) in [6.07, 6.45) is 11.7. The van der Waals surface area contributed by atoms with Crippen molar-refractivity contribution in [3.8, 4) is 0 Å². The highest BCUT2D eigenvalue weighted by Crippen LogP contribution is 2.19. The van der Waals surface area contributed by atoms with Gasteiger partial charge in [0.25, 0.3) is 0 Å². The fourth-order valence-electron chi connectivity index (χ4n) is 3.51. The number of hydrogen-bond donors (Lipinski definition) is 5. The minimum absolute atomic E-state index is 0.473. The highest BCUT2D eigenvalue weighted by atomic mass is 16.6. The maximum absolute atomic E-state index is 12.0. The first kappa shape index (κ1) is 24.3. The van der Waals surface area contributed by atoms with Crippen LogP contribution in [0.2, 0.25) is 0 Å². The maximum atomic E-state index is 12.0. The van der Waals surface area contributed by atoms with Gasteiger partial charge in [-0.05, 0) is 18.9 Å². The van der Waals surface area contributed by atoms with Crippen LogP contribution in [-0.4, -0.2) is 63.6 Å². The van der Waals surface area contributed by atoms with Crippen LogP contribution in [0, 0.1) is 0 Å². The molecule has 5 atom stereocenters. The molecule has 29 heavy (non-hydrogen) atoms. The van der Waals surface area contributed by atoms with Crippen molar-refractivity contribution in [3.63, 3.8) is 0 Å². The number of amides is 1. The third-order valence-corrected chi connectivity index (χ3v) is 5.35. The molecule has 170 valence electrons. The Morgan fingerprint density at radius 2 is 1.55 bits per heavy atom. The van der Waals surface area contributed by atoms with E-state index in [0.717, 1.165) is 25.7 Å². The topological polar surface area (TPSA) is 119 Å². The van der Waals surface area contributed by atoms with E-state index in [9.17, 15) is 20.1 Å². The predicted molar refractivity (Wildman–Crippen MR) is 112 cm³/mol. The Balaban J connectivity index is 2.04. The average molecular weight is 417 g/mol. The molecular weight excluding hydrogens is 374 g/mol. The lowest BCUT2D eigenvalue weighted by atomic mass is 9.97. The van der Waals surface area contributed by atoms with Gasteiger partial charge >= 0.3 is 0 Å². The monoisotopic (exact) mass is 416 g/mol. The van der Waals surface area contributed by atoms with E-state index < -0.39 is 43.2 Å². The zero-order valence-electron chi connectivity index (χ0n) is 18.5. The minimum Gasteiger partial charge on any atom is -0.394 e. The Bertz CT molecular complexity index is 479. The zero-order chi connectivity index (χ0) is 22.2. The molecule has 1 saturated heterocycles. The van der Waals surface area contributed by atoms with E-state index in [1.165, 1.54) is 57.4 Å². The molecule has 7 nitrogen and oxygen atoms in total. The molecule has 1 fully saturated rings. The summed E-state index contributed by atoms with van der Waals surface area (Å²) in [6.45, 7) is 0.0146. The number of nitrogens with one attached hydrogen (secondary N) is 1. The zero-order valence-corrected chi connectivity index (χ0v) is 17.5. The van der Waals surface area contributed by atoms with Crippen LogP contribution in [0.4, 0.5) is 0 Å². The Labute approximate surface area is 176 Å². The van der Waals surface area contributed by atoms with Gasteiger partial charge in [-0.1, -0.05) is 77.2 Å². The highest BCUT2D eigenvalue weighted by molar-refractivity contribution is 5.87. The fraction of sp³-hybridized carbons (Fsp3) is 0.864. The Morgan fingerprint density at radius 3 is 2.14 bits per heavy atom. The van der Waals surface area contributed by atoms with Gasteiger partial charge in [-0.3, -0.25) is 4.79 Å². The van der Waals surface area contributed by atoms with Crippen LogP contribution >= 0.6 is 0 Å². The normalized spacial score (nSPS) is 27.9. The molecule has 0 aromatic heterocycles. The third kappa shape index (κ3) is 10.6. The second-order valence-corrected chi connectivity index (χ2v) is 7.84. The second kappa shape index (κ2) is 15.8. The van der Waals surface area contributed by atoms with Crippen LogP contribution in [0.5, 0.6) is 0 Å². The molecule has 5 N–H and O–H groups in total. The molecule has 1 heterocycles. The van der Waals surface area contributed by atoms with Crippen LogP contribution in [0.15, 0.2) is 12.2 Å². The highest BCUT2D eigenvalue weighted by Gasteiger charge is 2.44. The molecule has 7 heteroatoms. The summed E-state index contributed by atoms with van der Waals surface area (Å²) in [4.78, 5) is 12.0. The first-order chi connectivity index (χ1) is 14.5. The number of hydrogen-bond acceptors (Lipinski definition) is 6. The van der Waals surface area contributed by atoms with Crippen molar-refractivity contribution >= 4 is 5.91 Å². The quantitative estimate of drug-likeness (QED) is 0.206. The molecule has 0 aromatic carbocycles. The van der Waals surface area contributed by atoms with Crippen LogP contribution in [-0.2, 0) is 9.53 Å². The largest absolute Gasteiger partial charge is 0.394 e. The van der Waals surface area contributed by atoms with Crippen LogP contribution in [0.3, 0.4) is 0 Å². The van der Waals surface area contributed by atoms with Gasteiger partial charge in [-0.25, -0.2) is 0 Å². The number of aliphatic hydroxyl groups is 4. The molecule has 1 aliphatic heterocycles. The van der Waals surface area contributed by atoms with Crippen molar-refractivity contribution in [2.24, 2.45) is 0 Å². The molecule has 0 radical (unpaired) electrons. The first-order valence-electron chi connectivity index (χ1n) is 11.8. The summed E-state index contributed by atoms with van der Waals surface area (Å²) in [5.41, 5.74) is 0. The maximum Gasteiger partial charge on any atom is 0.244 e. The number of unbranched alkanes of at least 4 members (excludes halogenated alkanes) is 11. The average Bonchev–Trinajstić information content (AvgIpc) is 2.74. The van der Waals surface area contributed by atoms with Crippen LogP contribution < -0.4 is 5.32 Å². The van der Waals surface area contributed by atoms with E-state index in [1.54, 1.807) is 6.08 Å². The molecule has 0 spiro atoms. The van der Waals surface area contributed by atoms with E-state index >= 15 is 0 Å². The summed E-state index contributed by atoms with van der Waals surface area (Å²) >= 11 is 0. The Morgan fingerprint density at radius 1 is 0.966 bits per heavy atom. The Hall–Kier alpha value is -0.990. The first-order valence-corrected chi connectivity index (χ1v) is 11.1. The number of allylic oxidation sites excluding steroid dienone is 1. The van der Waals surface area contributed by atoms with Gasteiger partial charge in [-0.2, -0.15) is 0 Å². The minimum atomic E-state index is -1.50. The molecule has 0 aromatic rings. The van der Waals surface area contributed by atoms with Gasteiger partial charge in [-0.15, -0.1) is 0 Å². The molecule has 0 aliphatic carbocycles. The van der Waals surface area contributed by atoms with Crippen molar-refractivity contribution in [1.82, 2.24) is 5.32 Å². The SMILES string of the molecule is [2H]CCCCCCCCCCCCCC=CC(=O)N[C@H]1C(O)O[C@H](CO)[C@@H](O)[C@@H]1O. The van der Waals surface area contributed by atoms with Crippen molar-refractivity contribution in [2.75, 3.05) is 6.61 Å². The van der Waals surface area contributed by atoms with E-state index in [1.807, 2.05) is 0 Å². The van der Waals surface area contributed by atoms with Gasteiger partial charge < -0.3 is 30.5 Å². The van der Waals surface area contributed by atoms with Gasteiger partial charge in [0.2, 0.25) is 5.91 Å². The molecular formula is C22H41NO6. The van der Waals surface area contributed by atoms with E-state index in [0.29, 0.717) is 6.90 Å². The van der Waals surface area contributed by atoms with E-state index in [4.69, 9.17) is 11.2 Å². The summed E-state index contributed by atoms with van der Waals surface area (Å²) < 4.78 is 12.1. The van der Waals surface area contributed by atoms with Crippen molar-refractivity contribution in [3.05, 3.63) is 12.2 Å². The van der Waals surface area contributed by atoms with Crippen molar-refractivity contribution < 1.29 is 31.3 Å². The van der Waals surface area contributed by atoms with Gasteiger partial charge in [0, 0.05) is 1.37 Å². The number of ether oxygens (including phenoxy) is 1. The molecule has 1 unspecified atom stereocenters. The van der Waals surface area contributed by atoms with Gasteiger partial charge in [0.05, 0.1) is 6.61 Å². The standard InChI is InChI=1S/C22H41NO6/c1-2-3-4-5-6-7-8-9-10-11-12-13-14-15-18(25)23-19-21(27)20(26)17(16-24)29-22(19)28/h14-15,17,19-22,24,26-28H,2-13,16H2,1H3,(H,23,25)/t17-,19-,20-,21-,22?/m1/s1/i1D. The lowest BCUT2D eigenvalue weighted by molar-refractivity contribution is -0.253. The van der Waals surface area contributed by atoms with Gasteiger partial charge in [0.1, 0.15) is 24.4 Å². The third-order valence-electron chi connectivity index (χ3n) is 5.35. The summed E-state index contributed by atoms with van der Waals surface area (Å²) in [5, 5.41) is 41.2. The van der Waals surface area contributed by atoms with E-state index in [-0.39, 0.29) is 0 Å². The predicted octanol–water partition coefficient (Wildman–Crippen LogP) is 2.16. The summed E-state index contributed by atoms with van der Waals surface area (Å²) in [5.74, 6) is -0.473. The lowest BCUT2D eigenvalue weighted by Crippen LogP contribution is -2.64. The smallest absolute Gasteiger partial charge is 0.244 e. The Kier molecular flexibility index (Phi) is 13.2. The number of aliphatic hydroxyl groups excluding tert-OH is 4. The van der Waals surface area contributed by atoms with Crippen LogP contribution in [0.1, 0.15) is 85.3 Å². The number of carbonyl (C=O) groups is 1. The molecule has 1 amide bonds. The van der Waals surface area contributed by atoms with Gasteiger partial charge in [0.15, 0.2) is 6.29 Å². The van der Waals surface area contributed by atoms with Crippen LogP contribution in [0.25, 0.3) is 0 Å². The fourth-order valence-corrected chi connectivity index (χ4v) is 3.51. The molecule has 1 rings (SSSR count). The molecule has 0 saturated carbocycles. The van der Waals surface area contributed by atoms with Crippen molar-refractivity contribution in [2.45, 2.75) is 115 Å². The summed E-state index contributed by atoms with van der Waals surface area (Å²) in [6, 6.07) is -1.15. The molecule has 0 bridgehead atoms. The van der Waals surface area contributed by atoms with E-state index in [2.05, 4.69) is 5.32 Å². The summed E-state index contributed by atoms with van der Waals surface area (Å²) in [7, 11) is 0. The number of carbonyl (C=O) groups excluding carboxylic acids is 1. The lowest BCUT2D eigenvalue weighted by Gasteiger charge is -2.40. The number of rotatable bonds is 15. The van der Waals surface area contributed by atoms with Crippen molar-refractivity contribution in [1.29, 1.82) is 0 Å². The molecule has 1 aliphatic rings.